The third kappa shape index (κ3) is 2.58. The minimum Gasteiger partial charge on any atom is -0.441 e. The molecule has 2 aliphatic carbocycles. The van der Waals surface area contributed by atoms with Crippen LogP contribution in [0.25, 0.3) is 11.5 Å². The van der Waals surface area contributed by atoms with Crippen LogP contribution in [-0.2, 0) is 4.79 Å². The van der Waals surface area contributed by atoms with Crippen LogP contribution in [0.1, 0.15) is 24.3 Å². The van der Waals surface area contributed by atoms with Gasteiger partial charge in [0.05, 0.1) is 5.69 Å². The van der Waals surface area contributed by atoms with Gasteiger partial charge in [0.1, 0.15) is 5.76 Å². The number of hydrogen-bond acceptors (Lipinski definition) is 3. The van der Waals surface area contributed by atoms with E-state index in [4.69, 9.17) is 4.42 Å². The predicted molar refractivity (Wildman–Crippen MR) is 88.9 cm³/mol. The minimum absolute atomic E-state index is 0.127. The Morgan fingerprint density at radius 1 is 1.17 bits per heavy atom. The fourth-order valence-electron chi connectivity index (χ4n) is 3.61. The zero-order valence-electron chi connectivity index (χ0n) is 13.4. The summed E-state index contributed by atoms with van der Waals surface area (Å²) in [5, 5.41) is 3.04. The second-order valence-electron chi connectivity index (χ2n) is 6.61. The van der Waals surface area contributed by atoms with Gasteiger partial charge < -0.3 is 9.73 Å². The molecule has 1 heterocycles. The Balaban J connectivity index is 1.46. The summed E-state index contributed by atoms with van der Waals surface area (Å²) >= 11 is 0. The van der Waals surface area contributed by atoms with Crippen LogP contribution in [0.2, 0.25) is 0 Å². The summed E-state index contributed by atoms with van der Waals surface area (Å²) < 4.78 is 5.63. The van der Waals surface area contributed by atoms with Gasteiger partial charge in [0.15, 0.2) is 0 Å². The van der Waals surface area contributed by atoms with E-state index >= 15 is 0 Å². The van der Waals surface area contributed by atoms with Crippen LogP contribution in [0.3, 0.4) is 0 Å². The molecule has 0 unspecified atom stereocenters. The third-order valence-corrected chi connectivity index (χ3v) is 5.04. The Morgan fingerprint density at radius 3 is 2.52 bits per heavy atom. The van der Waals surface area contributed by atoms with Crippen molar-refractivity contribution < 1.29 is 9.21 Å². The summed E-state index contributed by atoms with van der Waals surface area (Å²) in [7, 11) is 0. The van der Waals surface area contributed by atoms with E-state index in [1.165, 1.54) is 0 Å². The van der Waals surface area contributed by atoms with Gasteiger partial charge in [0.2, 0.25) is 11.8 Å². The molecule has 1 aromatic heterocycles. The van der Waals surface area contributed by atoms with Gasteiger partial charge in [-0.1, -0.05) is 12.2 Å². The van der Waals surface area contributed by atoms with Gasteiger partial charge in [0, 0.05) is 17.2 Å². The van der Waals surface area contributed by atoms with Crippen molar-refractivity contribution in [2.24, 2.45) is 17.8 Å². The molecule has 0 radical (unpaired) electrons. The SMILES string of the molecule is Cc1nc(-c2ccc(NC(=O)[C@@H]3C[C@H]4C=C[C@H]3C4)cc2)oc1C. The molecule has 1 saturated carbocycles. The molecule has 4 rings (SSSR count). The number of carbonyl (C=O) groups excluding carboxylic acids is 1. The van der Waals surface area contributed by atoms with Crippen molar-refractivity contribution in [1.82, 2.24) is 4.98 Å². The van der Waals surface area contributed by atoms with E-state index < -0.39 is 0 Å². The van der Waals surface area contributed by atoms with Gasteiger partial charge in [-0.3, -0.25) is 4.79 Å². The lowest BCUT2D eigenvalue weighted by Gasteiger charge is -2.17. The molecular weight excluding hydrogens is 288 g/mol. The fourth-order valence-corrected chi connectivity index (χ4v) is 3.61. The number of aryl methyl sites for hydroxylation is 2. The summed E-state index contributed by atoms with van der Waals surface area (Å²) in [6.45, 7) is 3.84. The maximum atomic E-state index is 12.4. The lowest BCUT2D eigenvalue weighted by Crippen LogP contribution is -2.25. The highest BCUT2D eigenvalue weighted by Gasteiger charge is 2.39. The maximum absolute atomic E-state index is 12.4. The van der Waals surface area contributed by atoms with E-state index in [9.17, 15) is 4.79 Å². The molecule has 0 saturated heterocycles. The number of fused-ring (bicyclic) bond motifs is 2. The number of oxazole rings is 1. The van der Waals surface area contributed by atoms with Crippen LogP contribution in [-0.4, -0.2) is 10.9 Å². The molecular formula is C19H20N2O2. The topological polar surface area (TPSA) is 55.1 Å². The van der Waals surface area contributed by atoms with Crippen molar-refractivity contribution in [2.75, 3.05) is 5.32 Å². The molecule has 4 heteroatoms. The lowest BCUT2D eigenvalue weighted by molar-refractivity contribution is -0.120. The van der Waals surface area contributed by atoms with Crippen LogP contribution >= 0.6 is 0 Å². The maximum Gasteiger partial charge on any atom is 0.228 e. The summed E-state index contributed by atoms with van der Waals surface area (Å²) in [4.78, 5) is 16.8. The van der Waals surface area contributed by atoms with Gasteiger partial charge in [-0.15, -0.1) is 0 Å². The molecule has 118 valence electrons. The molecule has 1 amide bonds. The van der Waals surface area contributed by atoms with E-state index in [0.29, 0.717) is 17.7 Å². The summed E-state index contributed by atoms with van der Waals surface area (Å²) in [6.07, 6.45) is 6.58. The Labute approximate surface area is 135 Å². The number of rotatable bonds is 3. The van der Waals surface area contributed by atoms with Crippen molar-refractivity contribution >= 4 is 11.6 Å². The van der Waals surface area contributed by atoms with E-state index in [1.807, 2.05) is 38.1 Å². The molecule has 4 nitrogen and oxygen atoms in total. The summed E-state index contributed by atoms with van der Waals surface area (Å²) in [5.74, 6) is 2.75. The second kappa shape index (κ2) is 5.37. The molecule has 0 aliphatic heterocycles. The van der Waals surface area contributed by atoms with Gasteiger partial charge in [-0.05, 0) is 62.8 Å². The predicted octanol–water partition coefficient (Wildman–Crippen LogP) is 4.11. The third-order valence-electron chi connectivity index (χ3n) is 5.04. The van der Waals surface area contributed by atoms with E-state index in [-0.39, 0.29) is 11.8 Å². The second-order valence-corrected chi connectivity index (χ2v) is 6.61. The zero-order chi connectivity index (χ0) is 16.0. The van der Waals surface area contributed by atoms with Crippen molar-refractivity contribution in [3.05, 3.63) is 47.9 Å². The summed E-state index contributed by atoms with van der Waals surface area (Å²) in [5.41, 5.74) is 2.65. The first-order valence-corrected chi connectivity index (χ1v) is 8.14. The van der Waals surface area contributed by atoms with E-state index in [0.717, 1.165) is 35.5 Å². The Bertz CT molecular complexity index is 754. The Morgan fingerprint density at radius 2 is 1.96 bits per heavy atom. The van der Waals surface area contributed by atoms with Crippen molar-refractivity contribution in [3.8, 4) is 11.5 Å². The zero-order valence-corrected chi connectivity index (χ0v) is 13.4. The molecule has 1 aromatic carbocycles. The lowest BCUT2D eigenvalue weighted by atomic mass is 9.93. The molecule has 0 spiro atoms. The normalized spacial score (nSPS) is 25.0. The first-order chi connectivity index (χ1) is 11.1. The Kier molecular flexibility index (Phi) is 3.33. The first kappa shape index (κ1) is 14.2. The molecule has 1 N–H and O–H groups in total. The average molecular weight is 308 g/mol. The number of allylic oxidation sites excluding steroid dienone is 2. The molecule has 2 bridgehead atoms. The molecule has 2 aromatic rings. The van der Waals surface area contributed by atoms with Crippen LogP contribution in [0.15, 0.2) is 40.8 Å². The largest absolute Gasteiger partial charge is 0.441 e. The van der Waals surface area contributed by atoms with Gasteiger partial charge in [0.25, 0.3) is 0 Å². The van der Waals surface area contributed by atoms with E-state index in [2.05, 4.69) is 22.5 Å². The van der Waals surface area contributed by atoms with Crippen molar-refractivity contribution in [2.45, 2.75) is 26.7 Å². The number of benzene rings is 1. The fraction of sp³-hybridized carbons (Fsp3) is 0.368. The van der Waals surface area contributed by atoms with Crippen LogP contribution in [0.5, 0.6) is 0 Å². The number of hydrogen-bond donors (Lipinski definition) is 1. The van der Waals surface area contributed by atoms with Gasteiger partial charge in [-0.2, -0.15) is 0 Å². The highest BCUT2D eigenvalue weighted by molar-refractivity contribution is 5.93. The highest BCUT2D eigenvalue weighted by Crippen LogP contribution is 2.43. The number of nitrogens with zero attached hydrogens (tertiary/aromatic N) is 1. The smallest absolute Gasteiger partial charge is 0.228 e. The Hall–Kier alpha value is -2.36. The number of nitrogens with one attached hydrogen (secondary N) is 1. The molecule has 1 fully saturated rings. The van der Waals surface area contributed by atoms with Crippen LogP contribution < -0.4 is 5.32 Å². The average Bonchev–Trinajstić information content (AvgIpc) is 3.25. The number of carbonyl (C=O) groups is 1. The molecule has 23 heavy (non-hydrogen) atoms. The highest BCUT2D eigenvalue weighted by atomic mass is 16.4. The monoisotopic (exact) mass is 308 g/mol. The first-order valence-electron chi connectivity index (χ1n) is 8.14. The van der Waals surface area contributed by atoms with Crippen molar-refractivity contribution in [1.29, 1.82) is 0 Å². The quantitative estimate of drug-likeness (QED) is 0.868. The number of amides is 1. The van der Waals surface area contributed by atoms with Crippen LogP contribution in [0.4, 0.5) is 5.69 Å². The van der Waals surface area contributed by atoms with E-state index in [1.54, 1.807) is 0 Å². The number of anilines is 1. The molecule has 3 atom stereocenters. The van der Waals surface area contributed by atoms with Crippen molar-refractivity contribution in [3.63, 3.8) is 0 Å². The number of aromatic nitrogens is 1. The standard InChI is InChI=1S/C19H20N2O2/c1-11-12(2)23-19(20-11)14-5-7-16(8-6-14)21-18(22)17-10-13-3-4-15(17)9-13/h3-8,13,15,17H,9-10H2,1-2H3,(H,21,22)/t13-,15-,17+/m0/s1. The molecule has 2 aliphatic rings. The summed E-state index contributed by atoms with van der Waals surface area (Å²) in [6, 6.07) is 7.68. The van der Waals surface area contributed by atoms with Gasteiger partial charge >= 0.3 is 0 Å². The minimum atomic E-state index is 0.127. The van der Waals surface area contributed by atoms with Gasteiger partial charge in [-0.25, -0.2) is 4.98 Å². The van der Waals surface area contributed by atoms with Crippen LogP contribution in [0, 0.1) is 31.6 Å².